The second-order valence-electron chi connectivity index (χ2n) is 4.02. The lowest BCUT2D eigenvalue weighted by molar-refractivity contribution is -0.141. The average molecular weight is 299 g/mol. The van der Waals surface area contributed by atoms with Gasteiger partial charge in [0.2, 0.25) is 0 Å². The minimum atomic E-state index is -4.59. The SMILES string of the molecule is C=CCc1c(Cl)nc(-c2ccccc2)nc1C(F)(F)F. The summed E-state index contributed by atoms with van der Waals surface area (Å²) in [5, 5.41) is -0.203. The molecule has 0 aliphatic rings. The molecule has 2 nitrogen and oxygen atoms in total. The molecule has 20 heavy (non-hydrogen) atoms. The average Bonchev–Trinajstić information content (AvgIpc) is 2.40. The van der Waals surface area contributed by atoms with Gasteiger partial charge in [0.25, 0.3) is 0 Å². The summed E-state index contributed by atoms with van der Waals surface area (Å²) in [7, 11) is 0. The van der Waals surface area contributed by atoms with Crippen LogP contribution in [0.1, 0.15) is 11.3 Å². The lowest BCUT2D eigenvalue weighted by Crippen LogP contribution is -2.14. The first-order chi connectivity index (χ1) is 9.43. The van der Waals surface area contributed by atoms with E-state index in [0.29, 0.717) is 5.56 Å². The van der Waals surface area contributed by atoms with Gasteiger partial charge in [0.15, 0.2) is 11.5 Å². The number of hydrogen-bond acceptors (Lipinski definition) is 2. The molecular formula is C14H10ClF3N2. The van der Waals surface area contributed by atoms with E-state index < -0.39 is 11.9 Å². The summed E-state index contributed by atoms with van der Waals surface area (Å²) in [6.45, 7) is 3.42. The number of hydrogen-bond donors (Lipinski definition) is 0. The van der Waals surface area contributed by atoms with Crippen LogP contribution in [0, 0.1) is 0 Å². The Morgan fingerprint density at radius 3 is 2.35 bits per heavy atom. The van der Waals surface area contributed by atoms with Crippen LogP contribution in [0.25, 0.3) is 11.4 Å². The summed E-state index contributed by atoms with van der Waals surface area (Å²) in [5.74, 6) is -0.0456. The zero-order valence-electron chi connectivity index (χ0n) is 10.3. The molecule has 0 aliphatic heterocycles. The summed E-state index contributed by atoms with van der Waals surface area (Å²) in [6.07, 6.45) is -3.29. The minimum Gasteiger partial charge on any atom is -0.223 e. The normalized spacial score (nSPS) is 11.4. The van der Waals surface area contributed by atoms with Crippen LogP contribution in [0.3, 0.4) is 0 Å². The summed E-state index contributed by atoms with van der Waals surface area (Å²) < 4.78 is 39.2. The van der Waals surface area contributed by atoms with Gasteiger partial charge in [-0.2, -0.15) is 13.2 Å². The smallest absolute Gasteiger partial charge is 0.223 e. The Morgan fingerprint density at radius 1 is 1.15 bits per heavy atom. The Hall–Kier alpha value is -1.88. The van der Waals surface area contributed by atoms with E-state index in [1.165, 1.54) is 6.08 Å². The third-order valence-corrected chi connectivity index (χ3v) is 2.92. The molecule has 0 aliphatic carbocycles. The van der Waals surface area contributed by atoms with Gasteiger partial charge in [-0.3, -0.25) is 0 Å². The van der Waals surface area contributed by atoms with Crippen LogP contribution in [0.2, 0.25) is 5.15 Å². The van der Waals surface area contributed by atoms with Crippen molar-refractivity contribution in [2.24, 2.45) is 0 Å². The standard InChI is InChI=1S/C14H10ClF3N2/c1-2-6-10-11(14(16,17)18)19-13(20-12(10)15)9-7-4-3-5-8-9/h2-5,7-8H,1,6H2. The van der Waals surface area contributed by atoms with Gasteiger partial charge in [-0.1, -0.05) is 48.0 Å². The molecule has 0 saturated carbocycles. The molecule has 0 N–H and O–H groups in total. The predicted molar refractivity (Wildman–Crippen MR) is 71.4 cm³/mol. The summed E-state index contributed by atoms with van der Waals surface area (Å²) in [4.78, 5) is 7.57. The van der Waals surface area contributed by atoms with Crippen LogP contribution in [-0.4, -0.2) is 9.97 Å². The number of aromatic nitrogens is 2. The van der Waals surface area contributed by atoms with E-state index in [9.17, 15) is 13.2 Å². The Kier molecular flexibility index (Phi) is 4.09. The van der Waals surface area contributed by atoms with Gasteiger partial charge in [0, 0.05) is 11.1 Å². The van der Waals surface area contributed by atoms with Crippen LogP contribution in [-0.2, 0) is 12.6 Å². The van der Waals surface area contributed by atoms with Gasteiger partial charge in [-0.25, -0.2) is 9.97 Å². The Morgan fingerprint density at radius 2 is 1.80 bits per heavy atom. The highest BCUT2D eigenvalue weighted by atomic mass is 35.5. The first-order valence-electron chi connectivity index (χ1n) is 5.73. The highest BCUT2D eigenvalue weighted by Crippen LogP contribution is 2.34. The van der Waals surface area contributed by atoms with Crippen molar-refractivity contribution in [1.82, 2.24) is 9.97 Å². The van der Waals surface area contributed by atoms with Crippen molar-refractivity contribution < 1.29 is 13.2 Å². The molecule has 104 valence electrons. The van der Waals surface area contributed by atoms with Gasteiger partial charge in [-0.15, -0.1) is 6.58 Å². The van der Waals surface area contributed by atoms with E-state index in [2.05, 4.69) is 16.5 Å². The molecule has 2 rings (SSSR count). The van der Waals surface area contributed by atoms with Crippen molar-refractivity contribution in [3.05, 3.63) is 59.4 Å². The van der Waals surface area contributed by atoms with Crippen molar-refractivity contribution in [3.63, 3.8) is 0 Å². The van der Waals surface area contributed by atoms with Crippen LogP contribution in [0.5, 0.6) is 0 Å². The largest absolute Gasteiger partial charge is 0.433 e. The maximum Gasteiger partial charge on any atom is 0.433 e. The Labute approximate surface area is 118 Å². The topological polar surface area (TPSA) is 25.8 Å². The van der Waals surface area contributed by atoms with Crippen LogP contribution < -0.4 is 0 Å². The van der Waals surface area contributed by atoms with Gasteiger partial charge in [-0.05, 0) is 6.42 Å². The van der Waals surface area contributed by atoms with Crippen LogP contribution in [0.15, 0.2) is 43.0 Å². The fourth-order valence-corrected chi connectivity index (χ4v) is 1.98. The summed E-state index contributed by atoms with van der Waals surface area (Å²) in [5.41, 5.74) is -0.699. The number of benzene rings is 1. The molecule has 0 unspecified atom stereocenters. The highest BCUT2D eigenvalue weighted by molar-refractivity contribution is 6.30. The van der Waals surface area contributed by atoms with Gasteiger partial charge < -0.3 is 0 Å². The van der Waals surface area contributed by atoms with Gasteiger partial charge >= 0.3 is 6.18 Å². The zero-order valence-corrected chi connectivity index (χ0v) is 11.0. The molecule has 1 aromatic heterocycles. The first kappa shape index (κ1) is 14.5. The molecule has 0 amide bonds. The summed E-state index contributed by atoms with van der Waals surface area (Å²) in [6, 6.07) is 8.38. The van der Waals surface area contributed by atoms with Crippen molar-refractivity contribution in [3.8, 4) is 11.4 Å². The first-order valence-corrected chi connectivity index (χ1v) is 6.11. The van der Waals surface area contributed by atoms with Crippen molar-refractivity contribution >= 4 is 11.6 Å². The predicted octanol–water partition coefficient (Wildman–Crippen LogP) is 4.54. The molecule has 0 saturated heterocycles. The summed E-state index contributed by atoms with van der Waals surface area (Å²) >= 11 is 5.87. The van der Waals surface area contributed by atoms with Crippen LogP contribution >= 0.6 is 11.6 Å². The van der Waals surface area contributed by atoms with Crippen molar-refractivity contribution in [1.29, 1.82) is 0 Å². The molecule has 1 heterocycles. The number of halogens is 4. The van der Waals surface area contributed by atoms with E-state index in [-0.39, 0.29) is 23.0 Å². The van der Waals surface area contributed by atoms with Crippen molar-refractivity contribution in [2.75, 3.05) is 0 Å². The maximum absolute atomic E-state index is 13.1. The number of allylic oxidation sites excluding steroid dienone is 1. The molecule has 6 heteroatoms. The van der Waals surface area contributed by atoms with Crippen LogP contribution in [0.4, 0.5) is 13.2 Å². The fourth-order valence-electron chi connectivity index (χ4n) is 1.73. The number of nitrogens with zero attached hydrogens (tertiary/aromatic N) is 2. The second-order valence-corrected chi connectivity index (χ2v) is 4.38. The molecule has 0 bridgehead atoms. The number of rotatable bonds is 3. The van der Waals surface area contributed by atoms with Crippen molar-refractivity contribution in [2.45, 2.75) is 12.6 Å². The maximum atomic E-state index is 13.1. The third-order valence-electron chi connectivity index (χ3n) is 2.61. The molecule has 1 aromatic carbocycles. The lowest BCUT2D eigenvalue weighted by Gasteiger charge is -2.13. The quantitative estimate of drug-likeness (QED) is 0.614. The minimum absolute atomic E-state index is 0.0389. The van der Waals surface area contributed by atoms with Gasteiger partial charge in [0.05, 0.1) is 0 Å². The van der Waals surface area contributed by atoms with Gasteiger partial charge in [0.1, 0.15) is 5.15 Å². The third kappa shape index (κ3) is 2.99. The van der Waals surface area contributed by atoms with E-state index in [1.54, 1.807) is 30.3 Å². The van der Waals surface area contributed by atoms with E-state index in [0.717, 1.165) is 0 Å². The molecule has 0 radical (unpaired) electrons. The molecule has 2 aromatic rings. The lowest BCUT2D eigenvalue weighted by atomic mass is 10.1. The highest BCUT2D eigenvalue weighted by Gasteiger charge is 2.37. The second kappa shape index (κ2) is 5.63. The molecule has 0 atom stereocenters. The Balaban J connectivity index is 2.64. The molecule has 0 spiro atoms. The number of alkyl halides is 3. The zero-order chi connectivity index (χ0) is 14.8. The molecular weight excluding hydrogens is 289 g/mol. The monoisotopic (exact) mass is 298 g/mol. The van der Waals surface area contributed by atoms with E-state index in [4.69, 9.17) is 11.6 Å². The van der Waals surface area contributed by atoms with E-state index in [1.807, 2.05) is 0 Å². The van der Waals surface area contributed by atoms with E-state index >= 15 is 0 Å². The fraction of sp³-hybridized carbons (Fsp3) is 0.143. The molecule has 0 fully saturated rings. The Bertz CT molecular complexity index is 624.